The maximum atomic E-state index is 11.1. The zero-order chi connectivity index (χ0) is 12.6. The van der Waals surface area contributed by atoms with Crippen molar-refractivity contribution in [1.29, 1.82) is 0 Å². The molecule has 4 nitrogen and oxygen atoms in total. The third-order valence-electron chi connectivity index (χ3n) is 2.90. The van der Waals surface area contributed by atoms with Gasteiger partial charge in [-0.2, -0.15) is 0 Å². The van der Waals surface area contributed by atoms with Crippen molar-refractivity contribution >= 4 is 32.8 Å². The Balaban J connectivity index is 2.57. The molecule has 0 fully saturated rings. The number of carboxylic acid groups (broad SMARTS) is 1. The van der Waals surface area contributed by atoms with Crippen LogP contribution in [0.3, 0.4) is 0 Å². The van der Waals surface area contributed by atoms with Gasteiger partial charge in [0.1, 0.15) is 0 Å². The van der Waals surface area contributed by atoms with Crippen LogP contribution >= 0.6 is 15.9 Å². The van der Waals surface area contributed by atoms with Gasteiger partial charge in [0.2, 0.25) is 0 Å². The number of carboxylic acids is 1. The molecule has 2 aromatic rings. The van der Waals surface area contributed by atoms with Crippen LogP contribution in [-0.4, -0.2) is 22.2 Å². The third-order valence-corrected chi connectivity index (χ3v) is 3.53. The number of halogens is 1. The number of aliphatic carboxylic acids is 1. The maximum absolute atomic E-state index is 11.1. The zero-order valence-corrected chi connectivity index (χ0v) is 10.9. The number of benzene rings is 1. The van der Waals surface area contributed by atoms with Crippen LogP contribution < -0.4 is 5.73 Å². The Morgan fingerprint density at radius 2 is 2.29 bits per heavy atom. The molecule has 0 aliphatic rings. The van der Waals surface area contributed by atoms with Gasteiger partial charge in [-0.25, -0.2) is 0 Å². The molecule has 0 aliphatic heterocycles. The van der Waals surface area contributed by atoms with E-state index in [2.05, 4.69) is 15.9 Å². The van der Waals surface area contributed by atoms with Crippen LogP contribution in [0.1, 0.15) is 11.5 Å². The molecule has 1 aromatic heterocycles. The number of hydrogen-bond donors (Lipinski definition) is 2. The molecule has 0 spiro atoms. The van der Waals surface area contributed by atoms with Gasteiger partial charge in [-0.3, -0.25) is 4.79 Å². The summed E-state index contributed by atoms with van der Waals surface area (Å²) in [6.07, 6.45) is 1.95. The molecule has 0 radical (unpaired) electrons. The zero-order valence-electron chi connectivity index (χ0n) is 9.35. The predicted octanol–water partition coefficient (Wildman–Crippen LogP) is 2.07. The second-order valence-electron chi connectivity index (χ2n) is 3.99. The quantitative estimate of drug-likeness (QED) is 0.911. The van der Waals surface area contributed by atoms with Crippen LogP contribution in [0.25, 0.3) is 10.9 Å². The number of nitrogens with zero attached hydrogens (tertiary/aromatic N) is 1. The predicted molar refractivity (Wildman–Crippen MR) is 70.1 cm³/mol. The molecule has 5 heteroatoms. The number of fused-ring (bicyclic) bond motifs is 1. The first-order valence-corrected chi connectivity index (χ1v) is 6.01. The summed E-state index contributed by atoms with van der Waals surface area (Å²) in [6.45, 7) is 0.102. The molecule has 2 rings (SSSR count). The first-order valence-electron chi connectivity index (χ1n) is 5.22. The Kier molecular flexibility index (Phi) is 3.22. The second kappa shape index (κ2) is 4.50. The molecule has 1 unspecified atom stereocenters. The smallest absolute Gasteiger partial charge is 0.312 e. The molecule has 1 atom stereocenters. The van der Waals surface area contributed by atoms with E-state index in [1.807, 2.05) is 36.0 Å². The van der Waals surface area contributed by atoms with Gasteiger partial charge in [0.05, 0.1) is 5.92 Å². The van der Waals surface area contributed by atoms with E-state index in [4.69, 9.17) is 10.8 Å². The van der Waals surface area contributed by atoms with Crippen molar-refractivity contribution in [3.63, 3.8) is 0 Å². The summed E-state index contributed by atoms with van der Waals surface area (Å²) in [5.74, 6) is -1.54. The van der Waals surface area contributed by atoms with Crippen molar-refractivity contribution in [3.8, 4) is 0 Å². The highest BCUT2D eigenvalue weighted by atomic mass is 79.9. The summed E-state index contributed by atoms with van der Waals surface area (Å²) in [4.78, 5) is 11.1. The number of aryl methyl sites for hydroxylation is 1. The molecular formula is C12H13BrN2O2. The topological polar surface area (TPSA) is 68.2 Å². The van der Waals surface area contributed by atoms with E-state index in [0.717, 1.165) is 20.9 Å². The molecule has 1 aromatic carbocycles. The standard InChI is InChI=1S/C12H13BrN2O2/c1-15-6-10(13)8-4-7(2-3-11(8)15)9(5-14)12(16)17/h2-4,6,9H,5,14H2,1H3,(H,16,17). The molecule has 1 heterocycles. The fraction of sp³-hybridized carbons (Fsp3) is 0.250. The van der Waals surface area contributed by atoms with Crippen LogP contribution in [0.4, 0.5) is 0 Å². The van der Waals surface area contributed by atoms with Gasteiger partial charge in [-0.15, -0.1) is 0 Å². The van der Waals surface area contributed by atoms with E-state index < -0.39 is 11.9 Å². The highest BCUT2D eigenvalue weighted by molar-refractivity contribution is 9.10. The third kappa shape index (κ3) is 2.08. The summed E-state index contributed by atoms with van der Waals surface area (Å²) in [5.41, 5.74) is 7.29. The first-order chi connectivity index (χ1) is 8.04. The first kappa shape index (κ1) is 12.1. The molecule has 90 valence electrons. The molecule has 0 saturated carbocycles. The summed E-state index contributed by atoms with van der Waals surface area (Å²) < 4.78 is 2.94. The van der Waals surface area contributed by atoms with Gasteiger partial charge in [0, 0.05) is 35.2 Å². The Bertz CT molecular complexity index is 577. The Morgan fingerprint density at radius 1 is 1.59 bits per heavy atom. The van der Waals surface area contributed by atoms with E-state index in [1.54, 1.807) is 0 Å². The minimum absolute atomic E-state index is 0.102. The number of hydrogen-bond acceptors (Lipinski definition) is 2. The second-order valence-corrected chi connectivity index (χ2v) is 4.85. The molecule has 0 bridgehead atoms. The highest BCUT2D eigenvalue weighted by Crippen LogP contribution is 2.28. The van der Waals surface area contributed by atoms with Crippen molar-refractivity contribution in [2.75, 3.05) is 6.54 Å². The molecule has 17 heavy (non-hydrogen) atoms. The van der Waals surface area contributed by atoms with Crippen molar-refractivity contribution in [3.05, 3.63) is 34.4 Å². The van der Waals surface area contributed by atoms with Crippen molar-refractivity contribution < 1.29 is 9.90 Å². The summed E-state index contributed by atoms with van der Waals surface area (Å²) in [6, 6.07) is 5.62. The minimum atomic E-state index is -0.890. The van der Waals surface area contributed by atoms with Gasteiger partial charge in [-0.1, -0.05) is 6.07 Å². The van der Waals surface area contributed by atoms with Crippen molar-refractivity contribution in [1.82, 2.24) is 4.57 Å². The highest BCUT2D eigenvalue weighted by Gasteiger charge is 2.18. The Labute approximate surface area is 107 Å². The van der Waals surface area contributed by atoms with E-state index in [9.17, 15) is 4.79 Å². The van der Waals surface area contributed by atoms with Crippen LogP contribution in [0.15, 0.2) is 28.9 Å². The number of carbonyl (C=O) groups is 1. The Hall–Kier alpha value is -1.33. The lowest BCUT2D eigenvalue weighted by Gasteiger charge is -2.10. The fourth-order valence-electron chi connectivity index (χ4n) is 1.96. The largest absolute Gasteiger partial charge is 0.481 e. The summed E-state index contributed by atoms with van der Waals surface area (Å²) in [7, 11) is 1.95. The van der Waals surface area contributed by atoms with E-state index in [0.29, 0.717) is 0 Å². The lowest BCUT2D eigenvalue weighted by Crippen LogP contribution is -2.20. The molecule has 0 amide bonds. The average molecular weight is 297 g/mol. The average Bonchev–Trinajstić information content (AvgIpc) is 2.55. The van der Waals surface area contributed by atoms with E-state index in [-0.39, 0.29) is 6.54 Å². The van der Waals surface area contributed by atoms with Crippen molar-refractivity contribution in [2.45, 2.75) is 5.92 Å². The maximum Gasteiger partial charge on any atom is 0.312 e. The van der Waals surface area contributed by atoms with Gasteiger partial charge < -0.3 is 15.4 Å². The number of nitrogens with two attached hydrogens (primary N) is 1. The lowest BCUT2D eigenvalue weighted by atomic mass is 9.98. The minimum Gasteiger partial charge on any atom is -0.481 e. The van der Waals surface area contributed by atoms with Crippen LogP contribution in [0.5, 0.6) is 0 Å². The number of aromatic nitrogens is 1. The lowest BCUT2D eigenvalue weighted by molar-refractivity contribution is -0.138. The van der Waals surface area contributed by atoms with Crippen LogP contribution in [0, 0.1) is 0 Å². The molecule has 0 saturated heterocycles. The van der Waals surface area contributed by atoms with E-state index in [1.165, 1.54) is 0 Å². The normalized spacial score (nSPS) is 12.9. The molecule has 3 N–H and O–H groups in total. The molecule has 0 aliphatic carbocycles. The van der Waals surface area contributed by atoms with Gasteiger partial charge in [-0.05, 0) is 33.6 Å². The van der Waals surface area contributed by atoms with Gasteiger partial charge in [0.15, 0.2) is 0 Å². The van der Waals surface area contributed by atoms with Gasteiger partial charge >= 0.3 is 5.97 Å². The number of rotatable bonds is 3. The molecular weight excluding hydrogens is 284 g/mol. The monoisotopic (exact) mass is 296 g/mol. The summed E-state index contributed by atoms with van der Waals surface area (Å²) in [5, 5.41) is 10.1. The van der Waals surface area contributed by atoms with Crippen LogP contribution in [-0.2, 0) is 11.8 Å². The van der Waals surface area contributed by atoms with Crippen molar-refractivity contribution in [2.24, 2.45) is 12.8 Å². The van der Waals surface area contributed by atoms with E-state index >= 15 is 0 Å². The summed E-state index contributed by atoms with van der Waals surface area (Å²) >= 11 is 3.46. The SMILES string of the molecule is Cn1cc(Br)c2cc(C(CN)C(=O)O)ccc21. The Morgan fingerprint density at radius 3 is 2.88 bits per heavy atom. The van der Waals surface area contributed by atoms with Gasteiger partial charge in [0.25, 0.3) is 0 Å². The van der Waals surface area contributed by atoms with Crippen LogP contribution in [0.2, 0.25) is 0 Å². The fourth-order valence-corrected chi connectivity index (χ4v) is 2.58.